The molecule has 0 aliphatic rings. The Hall–Kier alpha value is -3.31. The summed E-state index contributed by atoms with van der Waals surface area (Å²) in [7, 11) is -8.58. The minimum Gasteiger partial charge on any atom is -0.466 e. The fraction of sp³-hybridized carbons (Fsp3) is 0.500. The first-order valence-corrected chi connectivity index (χ1v) is 23.9. The third-order valence-corrected chi connectivity index (χ3v) is 12.5. The van der Waals surface area contributed by atoms with Crippen molar-refractivity contribution in [3.63, 3.8) is 0 Å². The summed E-state index contributed by atoms with van der Waals surface area (Å²) in [5, 5.41) is 4.29. The Labute approximate surface area is 348 Å². The van der Waals surface area contributed by atoms with Crippen LogP contribution in [0.3, 0.4) is 0 Å². The topological polar surface area (TPSA) is 198 Å². The van der Waals surface area contributed by atoms with Crippen LogP contribution in [0, 0.1) is 11.8 Å². The first kappa shape index (κ1) is 50.0. The van der Waals surface area contributed by atoms with Gasteiger partial charge in [-0.05, 0) is 76.1 Å². The number of nitrogens with zero attached hydrogens (tertiary/aromatic N) is 3. The lowest BCUT2D eigenvalue weighted by Crippen LogP contribution is -2.29. The number of hydrogen-bond acceptors (Lipinski definition) is 16. The van der Waals surface area contributed by atoms with Crippen molar-refractivity contribution in [3.05, 3.63) is 76.6 Å². The molecule has 1 amide bonds. The summed E-state index contributed by atoms with van der Waals surface area (Å²) >= 11 is 0. The molecule has 0 fully saturated rings. The number of carbonyl (C=O) groups is 2. The van der Waals surface area contributed by atoms with Gasteiger partial charge in [-0.3, -0.25) is 42.6 Å². The van der Waals surface area contributed by atoms with Crippen molar-refractivity contribution < 1.29 is 59.7 Å². The quantitative estimate of drug-likeness (QED) is 0.0241. The molecule has 2 aromatic carbocycles. The molecule has 322 valence electrons. The summed E-state index contributed by atoms with van der Waals surface area (Å²) in [6, 6.07) is 14.3. The molecule has 1 N–H and O–H groups in total. The summed E-state index contributed by atoms with van der Waals surface area (Å²) < 4.78 is 87.3. The maximum Gasteiger partial charge on any atom is 0.344 e. The molecule has 0 bridgehead atoms. The molecule has 59 heavy (non-hydrogen) atoms. The summed E-state index contributed by atoms with van der Waals surface area (Å²) in [5.74, 6) is 5.83. The van der Waals surface area contributed by atoms with Crippen molar-refractivity contribution in [1.82, 2.24) is 20.1 Å². The molecule has 0 aliphatic carbocycles. The van der Waals surface area contributed by atoms with Gasteiger partial charge in [-0.1, -0.05) is 36.1 Å². The minimum absolute atomic E-state index is 0.0192. The molecular weight excluding hydrogens is 844 g/mol. The number of esters is 1. The maximum atomic E-state index is 13.8. The van der Waals surface area contributed by atoms with Crippen LogP contribution < -0.4 is 5.32 Å². The molecule has 0 spiro atoms. The maximum absolute atomic E-state index is 13.8. The van der Waals surface area contributed by atoms with Crippen LogP contribution in [0.15, 0.2) is 48.5 Å². The third kappa shape index (κ3) is 17.3. The zero-order valence-electron chi connectivity index (χ0n) is 34.0. The monoisotopic (exact) mass is 896 g/mol. The number of benzene rings is 2. The van der Waals surface area contributed by atoms with Gasteiger partial charge in [0.15, 0.2) is 0 Å². The largest absolute Gasteiger partial charge is 0.466 e. The van der Waals surface area contributed by atoms with E-state index in [2.05, 4.69) is 17.2 Å². The Bertz CT molecular complexity index is 1950. The Morgan fingerprint density at radius 2 is 1.27 bits per heavy atom. The van der Waals surface area contributed by atoms with Gasteiger partial charge in [0.1, 0.15) is 26.0 Å². The number of pyridine rings is 1. The van der Waals surface area contributed by atoms with Gasteiger partial charge in [0.25, 0.3) is 5.91 Å². The van der Waals surface area contributed by atoms with Crippen LogP contribution in [0.4, 0.5) is 0 Å². The molecule has 0 atom stereocenters. The van der Waals surface area contributed by atoms with Gasteiger partial charge in [0.05, 0.1) is 44.4 Å². The van der Waals surface area contributed by atoms with Gasteiger partial charge in [0, 0.05) is 42.7 Å². The van der Waals surface area contributed by atoms with E-state index < -0.39 is 32.6 Å². The van der Waals surface area contributed by atoms with Crippen LogP contribution in [0.2, 0.25) is 0 Å². The highest BCUT2D eigenvalue weighted by molar-refractivity contribution is 7.54. The highest BCUT2D eigenvalue weighted by atomic mass is 31.2. The third-order valence-electron chi connectivity index (χ3n) is 8.00. The normalized spacial score (nSPS) is 12.0. The zero-order chi connectivity index (χ0) is 43.1. The van der Waals surface area contributed by atoms with Gasteiger partial charge in [-0.15, -0.1) is 0 Å². The van der Waals surface area contributed by atoms with Gasteiger partial charge < -0.3 is 28.1 Å². The number of carbonyl (C=O) groups excluding carboxylic acids is 2. The standard InChI is InChI=1S/C38H52N4O13P4/c1-6-49-37(43)16-13-21-39-38(44)36-20-19-31(34-14-11-12-15-35(34)36)18-17-30-22-32(24-41(26-50-56-45)27-51-57-46)40-33(23-30)25-42(28-58(47,52-7-2)53-8-3)29-59(48,54-9-4)55-10-5/h11-12,14-15,19-20,22-23H,6-10,13,16,21,24-29H2,1-5H3,(H,39,44). The Balaban J connectivity index is 2.09. The average Bonchev–Trinajstić information content (AvgIpc) is 3.19. The van der Waals surface area contributed by atoms with Crippen molar-refractivity contribution in [2.75, 3.05) is 65.6 Å². The molecule has 3 rings (SSSR count). The minimum atomic E-state index is -3.72. The summed E-state index contributed by atoms with van der Waals surface area (Å²) in [5.41, 5.74) is 2.48. The van der Waals surface area contributed by atoms with Crippen LogP contribution in [0.25, 0.3) is 10.8 Å². The van der Waals surface area contributed by atoms with E-state index in [1.807, 2.05) is 24.3 Å². The average molecular weight is 897 g/mol. The number of nitrogens with one attached hydrogen (secondary N) is 1. The van der Waals surface area contributed by atoms with Gasteiger partial charge in [0.2, 0.25) is 0 Å². The molecular formula is C38H52N4O13P4. The Kier molecular flexibility index (Phi) is 22.7. The van der Waals surface area contributed by atoms with Gasteiger partial charge >= 0.3 is 38.5 Å². The first-order valence-electron chi connectivity index (χ1n) is 19.0. The van der Waals surface area contributed by atoms with Gasteiger partial charge in [-0.2, -0.15) is 0 Å². The molecule has 0 aliphatic heterocycles. The number of rotatable bonds is 28. The van der Waals surface area contributed by atoms with Crippen LogP contribution in [-0.2, 0) is 68.0 Å². The number of ether oxygens (including phenoxy) is 1. The van der Waals surface area contributed by atoms with Crippen molar-refractivity contribution in [2.45, 2.75) is 60.5 Å². The Morgan fingerprint density at radius 1 is 0.729 bits per heavy atom. The predicted molar refractivity (Wildman–Crippen MR) is 222 cm³/mol. The number of fused-ring (bicyclic) bond motifs is 1. The van der Waals surface area contributed by atoms with Crippen LogP contribution >= 0.6 is 32.6 Å². The summed E-state index contributed by atoms with van der Waals surface area (Å²) in [6.07, 6.45) is 0.108. The fourth-order valence-electron chi connectivity index (χ4n) is 5.85. The van der Waals surface area contributed by atoms with Crippen molar-refractivity contribution >= 4 is 55.2 Å². The molecule has 0 unspecified atom stereocenters. The van der Waals surface area contributed by atoms with Crippen molar-refractivity contribution in [1.29, 1.82) is 0 Å². The molecule has 1 heterocycles. The van der Waals surface area contributed by atoms with E-state index in [1.54, 1.807) is 68.7 Å². The Morgan fingerprint density at radius 3 is 1.80 bits per heavy atom. The predicted octanol–water partition coefficient (Wildman–Crippen LogP) is 8.12. The van der Waals surface area contributed by atoms with E-state index in [0.29, 0.717) is 53.0 Å². The molecule has 0 saturated heterocycles. The fourth-order valence-corrected chi connectivity index (χ4v) is 9.86. The summed E-state index contributed by atoms with van der Waals surface area (Å²) in [4.78, 5) is 32.9. The van der Waals surface area contributed by atoms with E-state index in [0.717, 1.165) is 5.39 Å². The lowest BCUT2D eigenvalue weighted by molar-refractivity contribution is -0.143. The van der Waals surface area contributed by atoms with Gasteiger partial charge in [-0.25, -0.2) is 9.13 Å². The van der Waals surface area contributed by atoms with E-state index >= 15 is 0 Å². The van der Waals surface area contributed by atoms with E-state index in [-0.39, 0.29) is 83.8 Å². The van der Waals surface area contributed by atoms with Crippen molar-refractivity contribution in [3.8, 4) is 11.8 Å². The second-order valence-corrected chi connectivity index (χ2v) is 17.3. The van der Waals surface area contributed by atoms with E-state index in [9.17, 15) is 27.8 Å². The number of hydrogen-bond donors (Lipinski definition) is 1. The number of aromatic nitrogens is 1. The highest BCUT2D eigenvalue weighted by Gasteiger charge is 2.34. The molecule has 21 heteroatoms. The molecule has 1 aromatic heterocycles. The van der Waals surface area contributed by atoms with Crippen LogP contribution in [0.1, 0.15) is 80.3 Å². The van der Waals surface area contributed by atoms with Crippen molar-refractivity contribution in [2.24, 2.45) is 0 Å². The first-order chi connectivity index (χ1) is 28.4. The van der Waals surface area contributed by atoms with Crippen LogP contribution in [0.5, 0.6) is 0 Å². The SMILES string of the molecule is CCOC(=O)CCCNC(=O)c1ccc(C#Cc2cc(CN(COP=O)COP=O)nc(CN(CP(=O)(OCC)OCC)CP(=O)(OCC)OCC)c2)c2ccccc12. The zero-order valence-corrected chi connectivity index (χ0v) is 37.5. The smallest absolute Gasteiger partial charge is 0.344 e. The van der Waals surface area contributed by atoms with E-state index in [1.165, 1.54) is 0 Å². The second kappa shape index (κ2) is 26.8. The van der Waals surface area contributed by atoms with Crippen LogP contribution in [-0.4, -0.2) is 92.3 Å². The van der Waals surface area contributed by atoms with E-state index in [4.69, 9.17) is 36.9 Å². The number of amides is 1. The molecule has 0 saturated carbocycles. The molecule has 17 nitrogen and oxygen atoms in total. The lowest BCUT2D eigenvalue weighted by atomic mass is 9.99. The highest BCUT2D eigenvalue weighted by Crippen LogP contribution is 2.53. The lowest BCUT2D eigenvalue weighted by Gasteiger charge is -2.29. The molecule has 3 aromatic rings. The second-order valence-electron chi connectivity index (χ2n) is 12.5. The molecule has 0 radical (unpaired) electrons. The summed E-state index contributed by atoms with van der Waals surface area (Å²) in [6.45, 7) is 9.27.